The van der Waals surface area contributed by atoms with Crippen molar-refractivity contribution in [1.29, 1.82) is 0 Å². The van der Waals surface area contributed by atoms with E-state index in [1.807, 2.05) is 0 Å². The van der Waals surface area contributed by atoms with Gasteiger partial charge in [0.05, 0.1) is 21.2 Å². The fourth-order valence-corrected chi connectivity index (χ4v) is 3.04. The average Bonchev–Trinajstić information content (AvgIpc) is 2.35. The molecule has 0 spiro atoms. The Morgan fingerprint density at radius 3 is 2.11 bits per heavy atom. The number of carbonyl (C=O) groups is 2. The molecule has 5 heteroatoms. The lowest BCUT2D eigenvalue weighted by molar-refractivity contribution is 0.0979. The van der Waals surface area contributed by atoms with E-state index in [1.54, 1.807) is 18.2 Å². The number of carbonyl (C=O) groups excluding carboxylic acids is 2. The van der Waals surface area contributed by atoms with Crippen LogP contribution in [0, 0.1) is 0 Å². The van der Waals surface area contributed by atoms with Crippen LogP contribution in [0.25, 0.3) is 0 Å². The third-order valence-electron chi connectivity index (χ3n) is 3.01. The van der Waals surface area contributed by atoms with Crippen LogP contribution >= 0.6 is 34.8 Å². The Kier molecular flexibility index (Phi) is 2.90. The summed E-state index contributed by atoms with van der Waals surface area (Å²) in [6, 6.07) is 7.65. The molecule has 0 heterocycles. The van der Waals surface area contributed by atoms with Gasteiger partial charge in [-0.1, -0.05) is 46.9 Å². The smallest absolute Gasteiger partial charge is 0.196 e. The molecule has 0 saturated heterocycles. The van der Waals surface area contributed by atoms with Crippen molar-refractivity contribution in [2.24, 2.45) is 0 Å². The largest absolute Gasteiger partial charge is 0.289 e. The van der Waals surface area contributed by atoms with E-state index in [0.717, 1.165) is 0 Å². The molecule has 2 aromatic carbocycles. The number of hydrogen-bond donors (Lipinski definition) is 0. The lowest BCUT2D eigenvalue weighted by atomic mass is 9.84. The molecule has 2 nitrogen and oxygen atoms in total. The van der Waals surface area contributed by atoms with Gasteiger partial charge in [-0.2, -0.15) is 0 Å². The summed E-state index contributed by atoms with van der Waals surface area (Å²) in [5, 5.41) is 0.726. The molecular formula is C14H5Cl3O2. The van der Waals surface area contributed by atoms with Crippen molar-refractivity contribution in [2.75, 3.05) is 0 Å². The van der Waals surface area contributed by atoms with Crippen molar-refractivity contribution in [3.63, 3.8) is 0 Å². The molecule has 0 fully saturated rings. The summed E-state index contributed by atoms with van der Waals surface area (Å²) in [4.78, 5) is 24.8. The van der Waals surface area contributed by atoms with Crippen molar-refractivity contribution in [2.45, 2.75) is 0 Å². The normalized spacial score (nSPS) is 13.2. The second-order valence-corrected chi connectivity index (χ2v) is 5.38. The highest BCUT2D eigenvalue weighted by Gasteiger charge is 2.33. The van der Waals surface area contributed by atoms with E-state index < -0.39 is 0 Å². The maximum Gasteiger partial charge on any atom is 0.196 e. The maximum atomic E-state index is 12.4. The van der Waals surface area contributed by atoms with Gasteiger partial charge in [-0.3, -0.25) is 9.59 Å². The number of hydrogen-bond acceptors (Lipinski definition) is 2. The second-order valence-electron chi connectivity index (χ2n) is 4.13. The van der Waals surface area contributed by atoms with Crippen LogP contribution in [-0.2, 0) is 0 Å². The Morgan fingerprint density at radius 2 is 1.37 bits per heavy atom. The van der Waals surface area contributed by atoms with E-state index >= 15 is 0 Å². The molecule has 19 heavy (non-hydrogen) atoms. The van der Waals surface area contributed by atoms with Crippen LogP contribution in [0.3, 0.4) is 0 Å². The first kappa shape index (κ1) is 12.7. The van der Waals surface area contributed by atoms with Crippen molar-refractivity contribution in [1.82, 2.24) is 0 Å². The Balaban J connectivity index is 2.40. The number of halogens is 3. The topological polar surface area (TPSA) is 34.1 Å². The van der Waals surface area contributed by atoms with E-state index in [-0.39, 0.29) is 43.9 Å². The summed E-state index contributed by atoms with van der Waals surface area (Å²) in [6.45, 7) is 0. The van der Waals surface area contributed by atoms with Gasteiger partial charge >= 0.3 is 0 Å². The Hall–Kier alpha value is -1.35. The number of fused-ring (bicyclic) bond motifs is 2. The van der Waals surface area contributed by atoms with E-state index in [2.05, 4.69) is 0 Å². The number of benzene rings is 2. The molecule has 0 bridgehead atoms. The first-order chi connectivity index (χ1) is 9.00. The van der Waals surface area contributed by atoms with Gasteiger partial charge in [0.2, 0.25) is 0 Å². The van der Waals surface area contributed by atoms with Crippen LogP contribution in [0.1, 0.15) is 31.8 Å². The lowest BCUT2D eigenvalue weighted by Crippen LogP contribution is -2.21. The summed E-state index contributed by atoms with van der Waals surface area (Å²) >= 11 is 17.9. The van der Waals surface area contributed by atoms with Gasteiger partial charge in [-0.15, -0.1) is 0 Å². The van der Waals surface area contributed by atoms with Gasteiger partial charge in [-0.05, 0) is 18.2 Å². The number of rotatable bonds is 0. The molecule has 0 saturated carbocycles. The SMILES string of the molecule is O=C1c2cc(Cl)cc(Cl)c2C(=O)c2cccc(Cl)c21. The van der Waals surface area contributed by atoms with Gasteiger partial charge in [0.25, 0.3) is 0 Å². The van der Waals surface area contributed by atoms with Crippen LogP contribution < -0.4 is 0 Å². The zero-order valence-corrected chi connectivity index (χ0v) is 11.6. The zero-order chi connectivity index (χ0) is 13.7. The summed E-state index contributed by atoms with van der Waals surface area (Å²) < 4.78 is 0. The van der Waals surface area contributed by atoms with Gasteiger partial charge in [0.1, 0.15) is 0 Å². The molecule has 1 aliphatic carbocycles. The minimum absolute atomic E-state index is 0.173. The summed E-state index contributed by atoms with van der Waals surface area (Å²) in [7, 11) is 0. The predicted octanol–water partition coefficient (Wildman–Crippen LogP) is 4.42. The zero-order valence-electron chi connectivity index (χ0n) is 9.34. The van der Waals surface area contributed by atoms with Crippen LogP contribution in [0.2, 0.25) is 15.1 Å². The molecule has 0 amide bonds. The minimum atomic E-state index is -0.334. The average molecular weight is 312 g/mol. The molecule has 0 unspecified atom stereocenters. The fourth-order valence-electron chi connectivity index (χ4n) is 2.20. The molecule has 2 aromatic rings. The highest BCUT2D eigenvalue weighted by Crippen LogP contribution is 2.36. The van der Waals surface area contributed by atoms with Gasteiger partial charge in [0.15, 0.2) is 11.6 Å². The Morgan fingerprint density at radius 1 is 0.737 bits per heavy atom. The van der Waals surface area contributed by atoms with Crippen molar-refractivity contribution in [3.05, 3.63) is 67.7 Å². The predicted molar refractivity (Wildman–Crippen MR) is 74.8 cm³/mol. The van der Waals surface area contributed by atoms with Crippen molar-refractivity contribution < 1.29 is 9.59 Å². The standard InChI is InChI=1S/C14H5Cl3O2/c15-6-4-8-12(10(17)5-6)13(18)7-2-1-3-9(16)11(7)14(8)19/h1-5H. The lowest BCUT2D eigenvalue weighted by Gasteiger charge is -2.19. The molecule has 0 atom stereocenters. The van der Waals surface area contributed by atoms with E-state index in [1.165, 1.54) is 12.1 Å². The Labute approximate surface area is 123 Å². The quantitative estimate of drug-likeness (QED) is 0.616. The monoisotopic (exact) mass is 310 g/mol. The van der Waals surface area contributed by atoms with Gasteiger partial charge in [0, 0.05) is 16.1 Å². The van der Waals surface area contributed by atoms with Crippen LogP contribution in [-0.4, -0.2) is 11.6 Å². The fraction of sp³-hybridized carbons (Fsp3) is 0. The third-order valence-corrected chi connectivity index (χ3v) is 3.84. The van der Waals surface area contributed by atoms with E-state index in [9.17, 15) is 9.59 Å². The second kappa shape index (κ2) is 4.34. The van der Waals surface area contributed by atoms with Gasteiger partial charge < -0.3 is 0 Å². The van der Waals surface area contributed by atoms with E-state index in [0.29, 0.717) is 5.02 Å². The highest BCUT2D eigenvalue weighted by atomic mass is 35.5. The summed E-state index contributed by atoms with van der Waals surface area (Å²) in [5.41, 5.74) is 0.864. The first-order valence-electron chi connectivity index (χ1n) is 5.37. The third kappa shape index (κ3) is 1.79. The highest BCUT2D eigenvalue weighted by molar-refractivity contribution is 6.43. The molecule has 1 aliphatic rings. The molecule has 0 aliphatic heterocycles. The molecule has 0 radical (unpaired) electrons. The first-order valence-corrected chi connectivity index (χ1v) is 6.51. The number of ketones is 2. The Bertz CT molecular complexity index is 751. The van der Waals surface area contributed by atoms with Crippen LogP contribution in [0.5, 0.6) is 0 Å². The summed E-state index contributed by atoms with van der Waals surface area (Å²) in [6.07, 6.45) is 0. The van der Waals surface area contributed by atoms with Crippen molar-refractivity contribution >= 4 is 46.4 Å². The van der Waals surface area contributed by atoms with Crippen molar-refractivity contribution in [3.8, 4) is 0 Å². The molecule has 3 rings (SSSR count). The van der Waals surface area contributed by atoms with Gasteiger partial charge in [-0.25, -0.2) is 0 Å². The molecule has 94 valence electrons. The minimum Gasteiger partial charge on any atom is -0.289 e. The van der Waals surface area contributed by atoms with E-state index in [4.69, 9.17) is 34.8 Å². The maximum absolute atomic E-state index is 12.4. The molecular weight excluding hydrogens is 307 g/mol. The molecule has 0 N–H and O–H groups in total. The van der Waals surface area contributed by atoms with Crippen LogP contribution in [0.4, 0.5) is 0 Å². The molecule has 0 aromatic heterocycles. The van der Waals surface area contributed by atoms with Crippen LogP contribution in [0.15, 0.2) is 30.3 Å². The summed E-state index contributed by atoms with van der Waals surface area (Å²) in [5.74, 6) is -0.645.